The van der Waals surface area contributed by atoms with E-state index in [1.807, 2.05) is 6.07 Å². The summed E-state index contributed by atoms with van der Waals surface area (Å²) in [5, 5.41) is 9.16. The van der Waals surface area contributed by atoms with Gasteiger partial charge in [-0.2, -0.15) is 0 Å². The Labute approximate surface area is 106 Å². The molecule has 17 heavy (non-hydrogen) atoms. The Morgan fingerprint density at radius 2 is 2.00 bits per heavy atom. The lowest BCUT2D eigenvalue weighted by atomic mass is 9.88. The molecule has 0 aliphatic carbocycles. The molecule has 0 amide bonds. The van der Waals surface area contributed by atoms with Gasteiger partial charge >= 0.3 is 0 Å². The molecule has 0 aliphatic rings. The standard InChI is InChI=1S/C13H22NO2Si/c1-13(2,3)12-11(9-16-17(4)5)6-10(8-15)7-14-12/h6-7,15H,8-9H2,1-5H3. The Morgan fingerprint density at radius 3 is 2.47 bits per heavy atom. The topological polar surface area (TPSA) is 42.4 Å². The fourth-order valence-corrected chi connectivity index (χ4v) is 2.10. The summed E-state index contributed by atoms with van der Waals surface area (Å²) < 4.78 is 5.74. The van der Waals surface area contributed by atoms with Gasteiger partial charge < -0.3 is 9.53 Å². The maximum absolute atomic E-state index is 9.16. The summed E-state index contributed by atoms with van der Waals surface area (Å²) in [6, 6.07) is 2.00. The number of aromatic nitrogens is 1. The first-order valence-corrected chi connectivity index (χ1v) is 8.27. The lowest BCUT2D eigenvalue weighted by molar-refractivity contribution is 0.279. The number of hydrogen-bond acceptors (Lipinski definition) is 3. The summed E-state index contributed by atoms with van der Waals surface area (Å²) in [4.78, 5) is 4.47. The van der Waals surface area contributed by atoms with Crippen molar-refractivity contribution in [2.75, 3.05) is 0 Å². The average molecular weight is 252 g/mol. The number of pyridine rings is 1. The van der Waals surface area contributed by atoms with Crippen molar-refractivity contribution in [1.29, 1.82) is 0 Å². The number of aliphatic hydroxyl groups excluding tert-OH is 1. The Balaban J connectivity index is 3.03. The molecule has 1 radical (unpaired) electrons. The molecule has 0 fully saturated rings. The third-order valence-corrected chi connectivity index (χ3v) is 3.15. The first kappa shape index (κ1) is 14.3. The molecular formula is C13H22NO2Si. The van der Waals surface area contributed by atoms with Gasteiger partial charge in [0.15, 0.2) is 0 Å². The Bertz CT molecular complexity index is 372. The molecule has 0 unspecified atom stereocenters. The minimum absolute atomic E-state index is 0.00106. The normalized spacial score (nSPS) is 12.2. The second-order valence-corrected chi connectivity index (χ2v) is 7.56. The Morgan fingerprint density at radius 1 is 1.35 bits per heavy atom. The molecule has 0 atom stereocenters. The molecule has 0 spiro atoms. The molecule has 0 bridgehead atoms. The van der Waals surface area contributed by atoms with Crippen LogP contribution in [0.25, 0.3) is 0 Å². The maximum atomic E-state index is 9.16. The van der Waals surface area contributed by atoms with Crippen LogP contribution in [-0.4, -0.2) is 19.1 Å². The van der Waals surface area contributed by atoms with Gasteiger partial charge in [-0.25, -0.2) is 0 Å². The second-order valence-electron chi connectivity index (χ2n) is 5.46. The predicted molar refractivity (Wildman–Crippen MR) is 71.1 cm³/mol. The fourth-order valence-electron chi connectivity index (χ4n) is 1.65. The van der Waals surface area contributed by atoms with Gasteiger partial charge in [0.25, 0.3) is 0 Å². The largest absolute Gasteiger partial charge is 0.413 e. The minimum Gasteiger partial charge on any atom is -0.413 e. The first-order valence-electron chi connectivity index (χ1n) is 5.86. The van der Waals surface area contributed by atoms with E-state index in [-0.39, 0.29) is 12.0 Å². The zero-order chi connectivity index (χ0) is 13.1. The van der Waals surface area contributed by atoms with Crippen molar-refractivity contribution in [2.45, 2.75) is 52.5 Å². The maximum Gasteiger partial charge on any atom is 0.205 e. The third-order valence-electron chi connectivity index (χ3n) is 2.43. The molecule has 0 saturated carbocycles. The highest BCUT2D eigenvalue weighted by molar-refractivity contribution is 6.48. The lowest BCUT2D eigenvalue weighted by Gasteiger charge is -2.22. The zero-order valence-electron chi connectivity index (χ0n) is 11.4. The molecule has 1 heterocycles. The van der Waals surface area contributed by atoms with Crippen molar-refractivity contribution in [2.24, 2.45) is 0 Å². The first-order chi connectivity index (χ1) is 7.84. The van der Waals surface area contributed by atoms with Crippen LogP contribution in [0.4, 0.5) is 0 Å². The molecule has 0 aliphatic heterocycles. The minimum atomic E-state index is -0.703. The summed E-state index contributed by atoms with van der Waals surface area (Å²) in [7, 11) is -0.703. The number of nitrogens with zero attached hydrogens (tertiary/aromatic N) is 1. The van der Waals surface area contributed by atoms with Crippen LogP contribution in [0.15, 0.2) is 12.3 Å². The number of hydrogen-bond donors (Lipinski definition) is 1. The number of rotatable bonds is 4. The van der Waals surface area contributed by atoms with E-state index in [1.165, 1.54) is 0 Å². The highest BCUT2D eigenvalue weighted by atomic mass is 28.3. The lowest BCUT2D eigenvalue weighted by Crippen LogP contribution is -2.19. The van der Waals surface area contributed by atoms with E-state index in [2.05, 4.69) is 38.8 Å². The van der Waals surface area contributed by atoms with E-state index >= 15 is 0 Å². The summed E-state index contributed by atoms with van der Waals surface area (Å²) >= 11 is 0. The quantitative estimate of drug-likeness (QED) is 0.838. The van der Waals surface area contributed by atoms with Crippen molar-refractivity contribution in [1.82, 2.24) is 4.98 Å². The smallest absolute Gasteiger partial charge is 0.205 e. The number of aliphatic hydroxyl groups is 1. The van der Waals surface area contributed by atoms with Crippen LogP contribution < -0.4 is 0 Å². The molecular weight excluding hydrogens is 230 g/mol. The summed E-state index contributed by atoms with van der Waals surface area (Å²) in [6.45, 7) is 11.3. The van der Waals surface area contributed by atoms with Gasteiger partial charge in [0.05, 0.1) is 18.9 Å². The van der Waals surface area contributed by atoms with Gasteiger partial charge in [0.1, 0.15) is 0 Å². The van der Waals surface area contributed by atoms with Crippen LogP contribution in [0.5, 0.6) is 0 Å². The highest BCUT2D eigenvalue weighted by Gasteiger charge is 2.20. The molecule has 1 rings (SSSR count). The van der Waals surface area contributed by atoms with E-state index in [0.29, 0.717) is 6.61 Å². The van der Waals surface area contributed by atoms with Crippen LogP contribution in [0, 0.1) is 0 Å². The van der Waals surface area contributed by atoms with Gasteiger partial charge in [-0.3, -0.25) is 4.98 Å². The molecule has 4 heteroatoms. The van der Waals surface area contributed by atoms with Crippen molar-refractivity contribution < 1.29 is 9.53 Å². The highest BCUT2D eigenvalue weighted by Crippen LogP contribution is 2.25. The fraction of sp³-hybridized carbons (Fsp3) is 0.615. The molecule has 1 aromatic heterocycles. The molecule has 95 valence electrons. The molecule has 1 N–H and O–H groups in total. The van der Waals surface area contributed by atoms with Gasteiger partial charge in [-0.1, -0.05) is 20.8 Å². The summed E-state index contributed by atoms with van der Waals surface area (Å²) in [5.41, 5.74) is 2.99. The van der Waals surface area contributed by atoms with E-state index in [4.69, 9.17) is 9.53 Å². The van der Waals surface area contributed by atoms with E-state index < -0.39 is 9.04 Å². The van der Waals surface area contributed by atoms with Gasteiger partial charge in [-0.05, 0) is 30.3 Å². The molecule has 1 aromatic rings. The summed E-state index contributed by atoms with van der Waals surface area (Å²) in [6.07, 6.45) is 1.74. The second kappa shape index (κ2) is 5.75. The molecule has 0 aromatic carbocycles. The van der Waals surface area contributed by atoms with Crippen LogP contribution >= 0.6 is 0 Å². The van der Waals surface area contributed by atoms with E-state index in [9.17, 15) is 0 Å². The van der Waals surface area contributed by atoms with E-state index in [1.54, 1.807) is 6.20 Å². The van der Waals surface area contributed by atoms with E-state index in [0.717, 1.165) is 16.8 Å². The SMILES string of the molecule is C[Si](C)OCc1cc(CO)cnc1C(C)(C)C. The molecule has 0 saturated heterocycles. The zero-order valence-corrected chi connectivity index (χ0v) is 12.4. The Kier molecular flexibility index (Phi) is 4.86. The predicted octanol–water partition coefficient (Wildman–Crippen LogP) is 2.64. The van der Waals surface area contributed by atoms with Crippen molar-refractivity contribution in [3.63, 3.8) is 0 Å². The molecule has 3 nitrogen and oxygen atoms in total. The summed E-state index contributed by atoms with van der Waals surface area (Å²) in [5.74, 6) is 0. The van der Waals surface area contributed by atoms with Crippen LogP contribution in [0.1, 0.15) is 37.6 Å². The van der Waals surface area contributed by atoms with Crippen LogP contribution in [-0.2, 0) is 23.1 Å². The van der Waals surface area contributed by atoms with Crippen molar-refractivity contribution >= 4 is 9.04 Å². The van der Waals surface area contributed by atoms with Crippen molar-refractivity contribution in [3.05, 3.63) is 29.1 Å². The van der Waals surface area contributed by atoms with Gasteiger partial charge in [-0.15, -0.1) is 0 Å². The van der Waals surface area contributed by atoms with Crippen LogP contribution in [0.2, 0.25) is 13.1 Å². The van der Waals surface area contributed by atoms with Crippen molar-refractivity contribution in [3.8, 4) is 0 Å². The third kappa shape index (κ3) is 4.22. The monoisotopic (exact) mass is 252 g/mol. The van der Waals surface area contributed by atoms with Crippen LogP contribution in [0.3, 0.4) is 0 Å². The average Bonchev–Trinajstić information content (AvgIpc) is 2.24. The van der Waals surface area contributed by atoms with Gasteiger partial charge in [0, 0.05) is 11.6 Å². The Hall–Kier alpha value is -0.713. The van der Waals surface area contributed by atoms with Gasteiger partial charge in [0.2, 0.25) is 9.04 Å².